The molecule has 0 aromatic carbocycles. The molecule has 1 N–H and O–H groups in total. The summed E-state index contributed by atoms with van der Waals surface area (Å²) in [6, 6.07) is -0.619. The lowest BCUT2D eigenvalue weighted by molar-refractivity contribution is -0.887. The van der Waals surface area contributed by atoms with Crippen LogP contribution in [0.2, 0.25) is 0 Å². The Kier molecular flexibility index (Phi) is 36.7. The quantitative estimate of drug-likeness (QED) is 0.0286. The van der Waals surface area contributed by atoms with Crippen molar-refractivity contribution in [1.82, 2.24) is 0 Å². The number of allylic oxidation sites excluding steroid dienone is 6. The highest BCUT2D eigenvalue weighted by Gasteiger charge is 2.31. The number of carboxylic acid groups (broad SMARTS) is 1. The molecule has 0 rings (SSSR count). The molecule has 2 atom stereocenters. The number of likely N-dealkylation sites (N-methyl/N-ethyl adjacent to an activating group) is 1. The molecule has 0 fully saturated rings. The molecule has 0 aliphatic carbocycles. The van der Waals surface area contributed by atoms with Gasteiger partial charge in [0.15, 0.2) is 12.1 Å². The van der Waals surface area contributed by atoms with Crippen LogP contribution < -0.4 is 0 Å². The number of nitrogens with zero attached hydrogens (tertiary/aromatic N) is 1. The number of unbranched alkanes of at least 4 members (excludes halogenated alkanes) is 20. The van der Waals surface area contributed by atoms with Gasteiger partial charge in [-0.3, -0.25) is 9.59 Å². The summed E-state index contributed by atoms with van der Waals surface area (Å²) in [5.41, 5.74) is 0. The third-order valence-electron chi connectivity index (χ3n) is 10.0. The van der Waals surface area contributed by atoms with Gasteiger partial charge in [0.1, 0.15) is 6.61 Å². The molecule has 0 amide bonds. The van der Waals surface area contributed by atoms with E-state index in [1.165, 1.54) is 109 Å². The first-order chi connectivity index (χ1) is 26.6. The van der Waals surface area contributed by atoms with Gasteiger partial charge in [0.2, 0.25) is 0 Å². The molecule has 0 aliphatic rings. The van der Waals surface area contributed by atoms with Crippen molar-refractivity contribution >= 4 is 17.9 Å². The van der Waals surface area contributed by atoms with Crippen LogP contribution in [-0.4, -0.2) is 80.6 Å². The molecule has 8 heteroatoms. The molecule has 0 bridgehead atoms. The SMILES string of the molecule is CC/C=C/C/C=C/CCCCC(=O)OC(COCCC(C(=O)O)[N+](C)(C)C)COC(=O)CCCCCCCCC/C=C/CCCCCCCCCCCCC. The average Bonchev–Trinajstić information content (AvgIpc) is 3.14. The molecule has 0 heterocycles. The van der Waals surface area contributed by atoms with Gasteiger partial charge >= 0.3 is 17.9 Å². The summed E-state index contributed by atoms with van der Waals surface area (Å²) in [7, 11) is 5.51. The number of quaternary nitrogens is 1. The van der Waals surface area contributed by atoms with Crippen molar-refractivity contribution in [1.29, 1.82) is 0 Å². The maximum Gasteiger partial charge on any atom is 0.362 e. The minimum atomic E-state index is -0.881. The van der Waals surface area contributed by atoms with Crippen molar-refractivity contribution in [2.75, 3.05) is 41.0 Å². The monoisotopic (exact) mass is 777 g/mol. The van der Waals surface area contributed by atoms with E-state index in [1.54, 1.807) is 0 Å². The maximum atomic E-state index is 12.6. The first-order valence-corrected chi connectivity index (χ1v) is 22.5. The number of hydrogen-bond acceptors (Lipinski definition) is 6. The van der Waals surface area contributed by atoms with Gasteiger partial charge in [-0.05, 0) is 64.2 Å². The Morgan fingerprint density at radius 3 is 1.55 bits per heavy atom. The van der Waals surface area contributed by atoms with E-state index in [0.29, 0.717) is 19.3 Å². The van der Waals surface area contributed by atoms with Crippen LogP contribution >= 0.6 is 0 Å². The van der Waals surface area contributed by atoms with E-state index >= 15 is 0 Å². The van der Waals surface area contributed by atoms with E-state index in [9.17, 15) is 19.5 Å². The fourth-order valence-electron chi connectivity index (χ4n) is 6.54. The molecule has 320 valence electrons. The van der Waals surface area contributed by atoms with Gasteiger partial charge in [-0.15, -0.1) is 0 Å². The van der Waals surface area contributed by atoms with E-state index in [4.69, 9.17) is 14.2 Å². The van der Waals surface area contributed by atoms with E-state index in [-0.39, 0.29) is 42.7 Å². The fraction of sp³-hybridized carbons (Fsp3) is 0.809. The Hall–Kier alpha value is -2.45. The van der Waals surface area contributed by atoms with Crippen molar-refractivity contribution in [2.45, 2.75) is 206 Å². The van der Waals surface area contributed by atoms with Crippen molar-refractivity contribution in [3.05, 3.63) is 36.5 Å². The molecule has 0 aliphatic heterocycles. The van der Waals surface area contributed by atoms with Crippen LogP contribution in [0.15, 0.2) is 36.5 Å². The lowest BCUT2D eigenvalue weighted by Gasteiger charge is -2.31. The minimum Gasteiger partial charge on any atom is -0.477 e. The van der Waals surface area contributed by atoms with Gasteiger partial charge in [0.05, 0.1) is 34.4 Å². The lowest BCUT2D eigenvalue weighted by atomic mass is 10.0. The Balaban J connectivity index is 4.18. The van der Waals surface area contributed by atoms with Gasteiger partial charge in [-0.25, -0.2) is 4.79 Å². The summed E-state index contributed by atoms with van der Waals surface area (Å²) in [4.78, 5) is 36.8. The molecule has 0 radical (unpaired) electrons. The summed E-state index contributed by atoms with van der Waals surface area (Å²) >= 11 is 0. The lowest BCUT2D eigenvalue weighted by Crippen LogP contribution is -2.50. The largest absolute Gasteiger partial charge is 0.477 e. The maximum absolute atomic E-state index is 12.6. The predicted octanol–water partition coefficient (Wildman–Crippen LogP) is 12.2. The van der Waals surface area contributed by atoms with Gasteiger partial charge in [-0.1, -0.05) is 147 Å². The normalized spacial score (nSPS) is 13.3. The average molecular weight is 777 g/mol. The molecule has 0 saturated carbocycles. The van der Waals surface area contributed by atoms with Crippen molar-refractivity contribution in [3.8, 4) is 0 Å². The molecule has 55 heavy (non-hydrogen) atoms. The van der Waals surface area contributed by atoms with Crippen LogP contribution in [0.4, 0.5) is 0 Å². The number of aliphatic carboxylic acids is 1. The molecular weight excluding hydrogens is 691 g/mol. The second-order valence-corrected chi connectivity index (χ2v) is 16.3. The Morgan fingerprint density at radius 2 is 1.02 bits per heavy atom. The number of carbonyl (C=O) groups excluding carboxylic acids is 2. The van der Waals surface area contributed by atoms with Crippen LogP contribution in [0.3, 0.4) is 0 Å². The first kappa shape index (κ1) is 52.6. The molecule has 0 saturated heterocycles. The van der Waals surface area contributed by atoms with E-state index < -0.39 is 18.1 Å². The topological polar surface area (TPSA) is 99.1 Å². The summed E-state index contributed by atoms with van der Waals surface area (Å²) in [6.07, 6.45) is 43.6. The zero-order valence-electron chi connectivity index (χ0n) is 36.4. The molecule has 0 aromatic rings. The predicted molar refractivity (Wildman–Crippen MR) is 229 cm³/mol. The summed E-state index contributed by atoms with van der Waals surface area (Å²) in [5, 5.41) is 9.60. The van der Waals surface area contributed by atoms with Crippen LogP contribution in [0.25, 0.3) is 0 Å². The van der Waals surface area contributed by atoms with Crippen molar-refractivity contribution in [2.24, 2.45) is 0 Å². The highest BCUT2D eigenvalue weighted by Crippen LogP contribution is 2.14. The number of hydrogen-bond donors (Lipinski definition) is 1. The Labute approximate surface area is 338 Å². The fourth-order valence-corrected chi connectivity index (χ4v) is 6.54. The number of ether oxygens (including phenoxy) is 3. The van der Waals surface area contributed by atoms with Crippen LogP contribution in [0, 0.1) is 0 Å². The molecule has 2 unspecified atom stereocenters. The minimum absolute atomic E-state index is 0.0473. The van der Waals surface area contributed by atoms with Gasteiger partial charge in [-0.2, -0.15) is 0 Å². The smallest absolute Gasteiger partial charge is 0.362 e. The van der Waals surface area contributed by atoms with Crippen LogP contribution in [-0.2, 0) is 28.6 Å². The van der Waals surface area contributed by atoms with E-state index in [1.807, 2.05) is 21.1 Å². The standard InChI is InChI=1S/C47H85NO7/c1-6-8-10-12-14-16-17-18-19-20-21-22-23-24-25-26-27-28-30-31-33-35-37-45(49)54-42-43(41-53-40-39-44(47(51)52)48(3,4)5)55-46(50)38-36-34-32-29-15-13-11-9-7-2/h9,11,15,23-24,29,43-44H,6-8,10,12-14,16-22,25-28,30-42H2,1-5H3/p+1/b11-9+,24-23+,29-15+. The zero-order valence-corrected chi connectivity index (χ0v) is 36.4. The van der Waals surface area contributed by atoms with Crippen LogP contribution in [0.1, 0.15) is 194 Å². The number of esters is 2. The number of carboxylic acids is 1. The molecule has 8 nitrogen and oxygen atoms in total. The summed E-state index contributed by atoms with van der Waals surface area (Å²) in [5.74, 6) is -1.52. The number of carbonyl (C=O) groups is 3. The van der Waals surface area contributed by atoms with Gasteiger partial charge < -0.3 is 23.8 Å². The summed E-state index contributed by atoms with van der Waals surface area (Å²) in [6.45, 7) is 4.58. The molecule has 0 aromatic heterocycles. The van der Waals surface area contributed by atoms with Crippen molar-refractivity contribution < 1.29 is 38.2 Å². The Bertz CT molecular complexity index is 1000. The third-order valence-corrected chi connectivity index (χ3v) is 10.0. The Morgan fingerprint density at radius 1 is 0.564 bits per heavy atom. The van der Waals surface area contributed by atoms with E-state index in [2.05, 4.69) is 50.3 Å². The molecule has 0 spiro atoms. The highest BCUT2D eigenvalue weighted by molar-refractivity contribution is 5.72. The van der Waals surface area contributed by atoms with Gasteiger partial charge in [0.25, 0.3) is 0 Å². The third kappa shape index (κ3) is 36.9. The summed E-state index contributed by atoms with van der Waals surface area (Å²) < 4.78 is 17.2. The second-order valence-electron chi connectivity index (χ2n) is 16.3. The molecular formula is C47H86NO7+. The van der Waals surface area contributed by atoms with E-state index in [0.717, 1.165) is 44.9 Å². The van der Waals surface area contributed by atoms with Crippen molar-refractivity contribution in [3.63, 3.8) is 0 Å². The second kappa shape index (κ2) is 38.4. The van der Waals surface area contributed by atoms with Crippen LogP contribution in [0.5, 0.6) is 0 Å². The van der Waals surface area contributed by atoms with Gasteiger partial charge in [0, 0.05) is 19.3 Å². The highest BCUT2D eigenvalue weighted by atomic mass is 16.6. The number of rotatable bonds is 40. The zero-order chi connectivity index (χ0) is 40.7. The first-order valence-electron chi connectivity index (χ1n) is 22.5.